The summed E-state index contributed by atoms with van der Waals surface area (Å²) in [5, 5.41) is 16.5. The van der Waals surface area contributed by atoms with E-state index in [-0.39, 0.29) is 17.1 Å². The Morgan fingerprint density at radius 1 is 1.40 bits per heavy atom. The first-order valence-corrected chi connectivity index (χ1v) is 7.30. The van der Waals surface area contributed by atoms with Gasteiger partial charge in [-0.2, -0.15) is 0 Å². The number of anilines is 1. The van der Waals surface area contributed by atoms with Gasteiger partial charge >= 0.3 is 6.03 Å². The Bertz CT molecular complexity index is 683. The maximum Gasteiger partial charge on any atom is 0.319 e. The van der Waals surface area contributed by atoms with E-state index in [1.807, 2.05) is 0 Å². The minimum Gasteiger partial charge on any atom is -0.331 e. The summed E-state index contributed by atoms with van der Waals surface area (Å²) in [5.41, 5.74) is 0.104. The van der Waals surface area contributed by atoms with Crippen LogP contribution in [0.1, 0.15) is 0 Å². The fraction of sp³-hybridized carbons (Fsp3) is 0.182. The summed E-state index contributed by atoms with van der Waals surface area (Å²) in [5.74, 6) is -0.185. The number of carbonyl (C=O) groups is 1. The van der Waals surface area contributed by atoms with E-state index in [9.17, 15) is 23.3 Å². The lowest BCUT2D eigenvalue weighted by molar-refractivity contribution is -0.384. The van der Waals surface area contributed by atoms with Crippen molar-refractivity contribution < 1.29 is 18.1 Å². The first kappa shape index (κ1) is 14.0. The molecule has 2 amide bonds. The maximum absolute atomic E-state index is 11.6. The molecule has 0 saturated heterocycles. The number of non-ortho nitro benzene ring substituents is 1. The molecule has 2 rings (SSSR count). The standard InChI is InChI=1S/C11H11N3O5S/c15-11(13-9-4-5-20(18,19)7-9)12-8-2-1-3-10(6-8)14(16)17/h1-6,9H,7H2,(H2,12,13,15). The number of rotatable bonds is 3. The molecule has 0 aliphatic carbocycles. The van der Waals surface area contributed by atoms with Crippen LogP contribution in [0.3, 0.4) is 0 Å². The third-order valence-corrected chi connectivity index (χ3v) is 3.96. The molecule has 20 heavy (non-hydrogen) atoms. The predicted octanol–water partition coefficient (Wildman–Crippen LogP) is 1.03. The van der Waals surface area contributed by atoms with E-state index in [4.69, 9.17) is 0 Å². The van der Waals surface area contributed by atoms with Gasteiger partial charge in [0.2, 0.25) is 0 Å². The van der Waals surface area contributed by atoms with Crippen LogP contribution >= 0.6 is 0 Å². The van der Waals surface area contributed by atoms with Crippen molar-refractivity contribution in [2.75, 3.05) is 11.1 Å². The third-order valence-electron chi connectivity index (χ3n) is 2.56. The minimum absolute atomic E-state index is 0.147. The molecule has 0 aromatic heterocycles. The molecule has 1 aliphatic rings. The van der Waals surface area contributed by atoms with Crippen LogP contribution < -0.4 is 10.6 Å². The zero-order valence-electron chi connectivity index (χ0n) is 10.1. The molecule has 1 heterocycles. The number of hydrogen-bond acceptors (Lipinski definition) is 5. The number of urea groups is 1. The van der Waals surface area contributed by atoms with Crippen LogP contribution in [0.15, 0.2) is 35.7 Å². The SMILES string of the molecule is O=C(Nc1cccc([N+](=O)[O-])c1)NC1C=CS(=O)(=O)C1. The van der Waals surface area contributed by atoms with E-state index in [1.165, 1.54) is 30.3 Å². The number of benzene rings is 1. The molecule has 0 bridgehead atoms. The zero-order chi connectivity index (χ0) is 14.8. The number of hydrogen-bond donors (Lipinski definition) is 2. The lowest BCUT2D eigenvalue weighted by atomic mass is 10.3. The highest BCUT2D eigenvalue weighted by Gasteiger charge is 2.23. The number of nitro groups is 1. The Labute approximate surface area is 114 Å². The molecule has 106 valence electrons. The van der Waals surface area contributed by atoms with Gasteiger partial charge in [0.05, 0.1) is 16.7 Å². The molecule has 0 spiro atoms. The van der Waals surface area contributed by atoms with Crippen LogP contribution in [0, 0.1) is 10.1 Å². The van der Waals surface area contributed by atoms with Gasteiger partial charge in [-0.15, -0.1) is 0 Å². The van der Waals surface area contributed by atoms with Gasteiger partial charge in [0.1, 0.15) is 0 Å². The van der Waals surface area contributed by atoms with E-state index in [2.05, 4.69) is 10.6 Å². The fourth-order valence-electron chi connectivity index (χ4n) is 1.70. The lowest BCUT2D eigenvalue weighted by Crippen LogP contribution is -2.38. The molecule has 1 atom stereocenters. The van der Waals surface area contributed by atoms with Crippen molar-refractivity contribution in [2.24, 2.45) is 0 Å². The van der Waals surface area contributed by atoms with Gasteiger partial charge in [-0.1, -0.05) is 6.07 Å². The van der Waals surface area contributed by atoms with Gasteiger partial charge in [-0.25, -0.2) is 13.2 Å². The normalized spacial score (nSPS) is 19.5. The molecule has 0 radical (unpaired) electrons. The summed E-state index contributed by atoms with van der Waals surface area (Å²) in [6.45, 7) is 0. The molecule has 0 saturated carbocycles. The summed E-state index contributed by atoms with van der Waals surface area (Å²) in [4.78, 5) is 21.7. The largest absolute Gasteiger partial charge is 0.331 e. The third kappa shape index (κ3) is 3.54. The van der Waals surface area contributed by atoms with Gasteiger partial charge in [-0.05, 0) is 12.1 Å². The molecule has 1 unspecified atom stereocenters. The van der Waals surface area contributed by atoms with Crippen molar-refractivity contribution in [2.45, 2.75) is 6.04 Å². The van der Waals surface area contributed by atoms with Gasteiger partial charge in [0.25, 0.3) is 5.69 Å². The second-order valence-corrected chi connectivity index (χ2v) is 6.10. The number of nitro benzene ring substituents is 1. The highest BCUT2D eigenvalue weighted by Crippen LogP contribution is 2.17. The quantitative estimate of drug-likeness (QED) is 0.638. The predicted molar refractivity (Wildman–Crippen MR) is 72.0 cm³/mol. The fourth-order valence-corrected chi connectivity index (χ4v) is 2.93. The molecular formula is C11H11N3O5S. The molecule has 1 aliphatic heterocycles. The van der Waals surface area contributed by atoms with Crippen molar-refractivity contribution in [3.8, 4) is 0 Å². The lowest BCUT2D eigenvalue weighted by Gasteiger charge is -2.11. The van der Waals surface area contributed by atoms with Gasteiger partial charge in [-0.3, -0.25) is 10.1 Å². The van der Waals surface area contributed by atoms with E-state index in [0.717, 1.165) is 5.41 Å². The van der Waals surface area contributed by atoms with Crippen LogP contribution in [-0.4, -0.2) is 31.2 Å². The monoisotopic (exact) mass is 297 g/mol. The minimum atomic E-state index is -3.24. The number of nitrogens with one attached hydrogen (secondary N) is 2. The van der Waals surface area contributed by atoms with Gasteiger partial charge in [0.15, 0.2) is 9.84 Å². The highest BCUT2D eigenvalue weighted by molar-refractivity contribution is 7.94. The Balaban J connectivity index is 1.97. The molecular weight excluding hydrogens is 286 g/mol. The van der Waals surface area contributed by atoms with Crippen molar-refractivity contribution in [1.29, 1.82) is 0 Å². The first-order chi connectivity index (χ1) is 9.35. The molecule has 0 fully saturated rings. The second-order valence-electron chi connectivity index (χ2n) is 4.17. The van der Waals surface area contributed by atoms with Crippen LogP contribution in [0.4, 0.5) is 16.2 Å². The van der Waals surface area contributed by atoms with Crippen molar-refractivity contribution in [3.05, 3.63) is 45.9 Å². The van der Waals surface area contributed by atoms with Crippen molar-refractivity contribution in [1.82, 2.24) is 5.32 Å². The molecule has 1 aromatic rings. The van der Waals surface area contributed by atoms with Gasteiger partial charge in [0, 0.05) is 23.2 Å². The molecule has 1 aromatic carbocycles. The topological polar surface area (TPSA) is 118 Å². The second kappa shape index (κ2) is 5.29. The summed E-state index contributed by atoms with van der Waals surface area (Å²) >= 11 is 0. The summed E-state index contributed by atoms with van der Waals surface area (Å²) < 4.78 is 22.3. The maximum atomic E-state index is 11.6. The number of nitrogens with zero attached hydrogens (tertiary/aromatic N) is 1. The molecule has 8 nitrogen and oxygen atoms in total. The van der Waals surface area contributed by atoms with E-state index >= 15 is 0 Å². The smallest absolute Gasteiger partial charge is 0.319 e. The summed E-state index contributed by atoms with van der Waals surface area (Å²) in [6.07, 6.45) is 1.38. The Morgan fingerprint density at radius 3 is 2.75 bits per heavy atom. The zero-order valence-corrected chi connectivity index (χ0v) is 11.0. The van der Waals surface area contributed by atoms with Crippen molar-refractivity contribution in [3.63, 3.8) is 0 Å². The van der Waals surface area contributed by atoms with E-state index in [1.54, 1.807) is 0 Å². The highest BCUT2D eigenvalue weighted by atomic mass is 32.2. The van der Waals surface area contributed by atoms with Crippen LogP contribution in [0.2, 0.25) is 0 Å². The Kier molecular flexibility index (Phi) is 3.70. The van der Waals surface area contributed by atoms with Crippen LogP contribution in [0.25, 0.3) is 0 Å². The van der Waals surface area contributed by atoms with Crippen LogP contribution in [0.5, 0.6) is 0 Å². The molecule has 9 heteroatoms. The van der Waals surface area contributed by atoms with Crippen LogP contribution in [-0.2, 0) is 9.84 Å². The van der Waals surface area contributed by atoms with Crippen molar-refractivity contribution >= 4 is 27.2 Å². The number of carbonyl (C=O) groups excluding carboxylic acids is 1. The average Bonchev–Trinajstić information content (AvgIpc) is 2.68. The van der Waals surface area contributed by atoms with E-state index < -0.39 is 26.8 Å². The summed E-state index contributed by atoms with van der Waals surface area (Å²) in [7, 11) is -3.24. The first-order valence-electron chi connectivity index (χ1n) is 5.59. The molecule has 2 N–H and O–H groups in total. The van der Waals surface area contributed by atoms with Gasteiger partial charge < -0.3 is 10.6 Å². The number of sulfone groups is 1. The Morgan fingerprint density at radius 2 is 2.15 bits per heavy atom. The Hall–Kier alpha value is -2.42. The average molecular weight is 297 g/mol. The number of amides is 2. The summed E-state index contributed by atoms with van der Waals surface area (Å²) in [6, 6.07) is 4.22. The van der Waals surface area contributed by atoms with E-state index in [0.29, 0.717) is 0 Å².